The van der Waals surface area contributed by atoms with Crippen LogP contribution in [0.1, 0.15) is 39.9 Å². The number of rotatable bonds is 8. The number of halogens is 8. The highest BCUT2D eigenvalue weighted by molar-refractivity contribution is 6.54. The molecule has 0 heterocycles. The lowest BCUT2D eigenvalue weighted by atomic mass is 9.97. The van der Waals surface area contributed by atoms with Gasteiger partial charge in [-0.05, 0) is 54.4 Å². The van der Waals surface area contributed by atoms with Crippen LogP contribution < -0.4 is 5.32 Å². The SMILES string of the molecule is CC(=O)Cc1ccc(F)c(CC(=O)c2cc(NC(=O)[C@H]3[C@H](c4cc(Cl)c(Cl)c(Cl)c4)C3(Cl)Cl)ccc2F)c1F. The van der Waals surface area contributed by atoms with Crippen molar-refractivity contribution in [1.82, 2.24) is 0 Å². The van der Waals surface area contributed by atoms with Crippen LogP contribution in [-0.4, -0.2) is 21.8 Å². The Morgan fingerprint density at radius 2 is 1.51 bits per heavy atom. The molecule has 4 nitrogen and oxygen atoms in total. The third kappa shape index (κ3) is 6.08. The van der Waals surface area contributed by atoms with Gasteiger partial charge in [-0.3, -0.25) is 14.4 Å². The van der Waals surface area contributed by atoms with Gasteiger partial charge in [0.05, 0.1) is 26.5 Å². The Labute approximate surface area is 246 Å². The molecule has 12 heteroatoms. The highest BCUT2D eigenvalue weighted by Gasteiger charge is 2.67. The van der Waals surface area contributed by atoms with Crippen molar-refractivity contribution in [2.75, 3.05) is 5.32 Å². The first kappa shape index (κ1) is 29.7. The van der Waals surface area contributed by atoms with Crippen molar-refractivity contribution >= 4 is 81.2 Å². The quantitative estimate of drug-likeness (QED) is 0.154. The van der Waals surface area contributed by atoms with Gasteiger partial charge in [-0.2, -0.15) is 0 Å². The van der Waals surface area contributed by atoms with Gasteiger partial charge in [-0.1, -0.05) is 40.9 Å². The number of carbonyl (C=O) groups is 3. The van der Waals surface area contributed by atoms with E-state index < -0.39 is 62.9 Å². The number of carbonyl (C=O) groups excluding carboxylic acids is 3. The highest BCUT2D eigenvalue weighted by atomic mass is 35.5. The van der Waals surface area contributed by atoms with Gasteiger partial charge in [-0.25, -0.2) is 13.2 Å². The molecule has 39 heavy (non-hydrogen) atoms. The summed E-state index contributed by atoms with van der Waals surface area (Å²) < 4.78 is 42.2. The van der Waals surface area contributed by atoms with Crippen molar-refractivity contribution < 1.29 is 27.6 Å². The second kappa shape index (κ2) is 11.3. The van der Waals surface area contributed by atoms with E-state index in [9.17, 15) is 27.6 Å². The average molecular weight is 638 g/mol. The minimum absolute atomic E-state index is 0.0259. The Morgan fingerprint density at radius 3 is 2.13 bits per heavy atom. The number of hydrogen-bond acceptors (Lipinski definition) is 3. The zero-order chi connectivity index (χ0) is 28.8. The summed E-state index contributed by atoms with van der Waals surface area (Å²) in [6.07, 6.45) is -1.10. The van der Waals surface area contributed by atoms with Crippen molar-refractivity contribution in [3.05, 3.63) is 97.2 Å². The Hall–Kier alpha value is -2.29. The highest BCUT2D eigenvalue weighted by Crippen LogP contribution is 2.65. The molecule has 1 aliphatic rings. The molecular weight excluding hydrogens is 621 g/mol. The van der Waals surface area contributed by atoms with Crippen LogP contribution >= 0.6 is 58.0 Å². The fourth-order valence-corrected chi connectivity index (χ4v) is 5.77. The topological polar surface area (TPSA) is 63.2 Å². The largest absolute Gasteiger partial charge is 0.326 e. The van der Waals surface area contributed by atoms with Crippen LogP contribution in [0.5, 0.6) is 0 Å². The molecule has 3 aromatic carbocycles. The molecule has 1 saturated carbocycles. The maximum atomic E-state index is 14.8. The van der Waals surface area contributed by atoms with Gasteiger partial charge in [0, 0.05) is 30.0 Å². The first-order chi connectivity index (χ1) is 18.2. The molecule has 4 rings (SSSR count). The summed E-state index contributed by atoms with van der Waals surface area (Å²) in [6.45, 7) is 1.24. The van der Waals surface area contributed by atoms with Gasteiger partial charge in [-0.15, -0.1) is 23.2 Å². The van der Waals surface area contributed by atoms with E-state index in [0.29, 0.717) is 5.56 Å². The van der Waals surface area contributed by atoms with E-state index in [1.165, 1.54) is 25.1 Å². The summed E-state index contributed by atoms with van der Waals surface area (Å²) in [4.78, 5) is 37.2. The van der Waals surface area contributed by atoms with Crippen LogP contribution in [0.4, 0.5) is 18.9 Å². The number of anilines is 1. The molecule has 0 aliphatic heterocycles. The van der Waals surface area contributed by atoms with Crippen LogP contribution in [0.25, 0.3) is 0 Å². The van der Waals surface area contributed by atoms with E-state index in [-0.39, 0.29) is 38.5 Å². The molecule has 0 saturated heterocycles. The monoisotopic (exact) mass is 635 g/mol. The van der Waals surface area contributed by atoms with Crippen LogP contribution in [-0.2, 0) is 22.4 Å². The second-order valence-corrected chi connectivity index (χ2v) is 11.7. The summed E-state index contributed by atoms with van der Waals surface area (Å²) in [6, 6.07) is 8.21. The van der Waals surface area contributed by atoms with E-state index >= 15 is 0 Å². The van der Waals surface area contributed by atoms with E-state index in [2.05, 4.69) is 5.32 Å². The van der Waals surface area contributed by atoms with E-state index in [4.69, 9.17) is 58.0 Å². The molecule has 2 atom stereocenters. The normalized spacial score (nSPS) is 17.6. The Morgan fingerprint density at radius 1 is 0.897 bits per heavy atom. The number of amides is 1. The van der Waals surface area contributed by atoms with Crippen LogP contribution in [0.2, 0.25) is 15.1 Å². The van der Waals surface area contributed by atoms with Crippen LogP contribution in [0, 0.1) is 23.4 Å². The van der Waals surface area contributed by atoms with Crippen LogP contribution in [0.15, 0.2) is 42.5 Å². The van der Waals surface area contributed by atoms with Gasteiger partial charge in [0.15, 0.2) is 5.78 Å². The number of alkyl halides is 2. The number of ketones is 2. The molecule has 0 unspecified atom stereocenters. The molecule has 204 valence electrons. The van der Waals surface area contributed by atoms with Crippen molar-refractivity contribution in [3.8, 4) is 0 Å². The lowest BCUT2D eigenvalue weighted by molar-refractivity contribution is -0.117. The maximum Gasteiger partial charge on any atom is 0.231 e. The van der Waals surface area contributed by atoms with Gasteiger partial charge >= 0.3 is 0 Å². The number of benzene rings is 3. The second-order valence-electron chi connectivity index (χ2n) is 9.09. The van der Waals surface area contributed by atoms with Crippen molar-refractivity contribution in [3.63, 3.8) is 0 Å². The molecule has 1 aliphatic carbocycles. The van der Waals surface area contributed by atoms with Crippen molar-refractivity contribution in [2.24, 2.45) is 5.92 Å². The Bertz CT molecular complexity index is 1510. The standard InChI is InChI=1S/C27H17Cl5F3NO3/c1-11(37)6-12-2-4-20(34)16(25(12)35)10-21(38)15-9-14(3-5-19(15)33)36-26(39)23-22(27(23,31)32)13-7-17(28)24(30)18(29)8-13/h2-5,7-9,22-23H,6,10H2,1H3,(H,36,39)/t22-,23+/m0/s1. The van der Waals surface area contributed by atoms with E-state index in [0.717, 1.165) is 24.3 Å². The minimum Gasteiger partial charge on any atom is -0.326 e. The summed E-state index contributed by atoms with van der Waals surface area (Å²) in [5.41, 5.74) is -0.678. The molecule has 1 N–H and O–H groups in total. The molecule has 1 fully saturated rings. The minimum atomic E-state index is -1.51. The fourth-order valence-electron chi connectivity index (χ4n) is 4.33. The Kier molecular flexibility index (Phi) is 8.60. The van der Waals surface area contributed by atoms with E-state index in [1.54, 1.807) is 0 Å². The van der Waals surface area contributed by atoms with E-state index in [1.807, 2.05) is 0 Å². The summed E-state index contributed by atoms with van der Waals surface area (Å²) >= 11 is 30.9. The zero-order valence-corrected chi connectivity index (χ0v) is 23.6. The number of nitrogens with one attached hydrogen (secondary N) is 1. The summed E-state index contributed by atoms with van der Waals surface area (Å²) in [7, 11) is 0. The third-order valence-electron chi connectivity index (χ3n) is 6.28. The molecule has 3 aromatic rings. The first-order valence-electron chi connectivity index (χ1n) is 11.3. The van der Waals surface area contributed by atoms with Crippen molar-refractivity contribution in [1.29, 1.82) is 0 Å². The van der Waals surface area contributed by atoms with Gasteiger partial charge in [0.25, 0.3) is 0 Å². The smallest absolute Gasteiger partial charge is 0.231 e. The maximum absolute atomic E-state index is 14.8. The first-order valence-corrected chi connectivity index (χ1v) is 13.2. The summed E-state index contributed by atoms with van der Waals surface area (Å²) in [5.74, 6) is -6.60. The van der Waals surface area contributed by atoms with Gasteiger partial charge in [0.1, 0.15) is 27.6 Å². The lowest BCUT2D eigenvalue weighted by Gasteiger charge is -2.11. The molecule has 0 aromatic heterocycles. The predicted molar refractivity (Wildman–Crippen MR) is 146 cm³/mol. The third-order valence-corrected chi connectivity index (χ3v) is 8.42. The van der Waals surface area contributed by atoms with Gasteiger partial charge < -0.3 is 5.32 Å². The molecule has 0 spiro atoms. The number of Topliss-reactive ketones (excluding diaryl/α,β-unsaturated/α-hetero) is 2. The van der Waals surface area contributed by atoms with Crippen LogP contribution in [0.3, 0.4) is 0 Å². The average Bonchev–Trinajstić information content (AvgIpc) is 3.44. The lowest BCUT2D eigenvalue weighted by Crippen LogP contribution is -2.18. The molecular formula is C27H17Cl5F3NO3. The molecule has 0 radical (unpaired) electrons. The predicted octanol–water partition coefficient (Wildman–Crippen LogP) is 8.15. The van der Waals surface area contributed by atoms with Gasteiger partial charge in [0.2, 0.25) is 5.91 Å². The zero-order valence-electron chi connectivity index (χ0n) is 19.9. The van der Waals surface area contributed by atoms with Crippen molar-refractivity contribution in [2.45, 2.75) is 30.0 Å². The Balaban J connectivity index is 1.54. The summed E-state index contributed by atoms with van der Waals surface area (Å²) in [5, 5.41) is 2.96. The molecule has 1 amide bonds. The molecule has 0 bridgehead atoms. The number of hydrogen-bond donors (Lipinski definition) is 1. The fraction of sp³-hybridized carbons (Fsp3) is 0.222.